The fraction of sp³-hybridized carbons (Fsp3) is 0.765. The molecule has 25 heavy (non-hydrogen) atoms. The van der Waals surface area contributed by atoms with E-state index in [1.165, 1.54) is 0 Å². The van der Waals surface area contributed by atoms with E-state index in [1.807, 2.05) is 18.7 Å². The summed E-state index contributed by atoms with van der Waals surface area (Å²) >= 11 is 1.65. The molecule has 0 bridgehead atoms. The van der Waals surface area contributed by atoms with Crippen LogP contribution in [0, 0.1) is 0 Å². The average molecular weight is 369 g/mol. The van der Waals surface area contributed by atoms with E-state index in [0.29, 0.717) is 19.6 Å². The molecule has 2 aliphatic rings. The van der Waals surface area contributed by atoms with Crippen LogP contribution in [0.1, 0.15) is 37.1 Å². The van der Waals surface area contributed by atoms with Gasteiger partial charge in [-0.2, -0.15) is 0 Å². The van der Waals surface area contributed by atoms with Crippen LogP contribution in [0.5, 0.6) is 0 Å². The number of aliphatic hydroxyl groups is 1. The second kappa shape index (κ2) is 8.55. The Morgan fingerprint density at radius 2 is 2.24 bits per heavy atom. The van der Waals surface area contributed by atoms with Gasteiger partial charge in [-0.25, -0.2) is 4.98 Å². The first-order valence-electron chi connectivity index (χ1n) is 9.05. The maximum atomic E-state index is 12.5. The molecule has 0 aromatic carbocycles. The van der Waals surface area contributed by atoms with Crippen molar-refractivity contribution in [1.82, 2.24) is 20.1 Å². The molecule has 0 radical (unpaired) electrons. The minimum Gasteiger partial charge on any atom is -0.392 e. The van der Waals surface area contributed by atoms with Crippen LogP contribution < -0.4 is 5.32 Å². The van der Waals surface area contributed by atoms with Gasteiger partial charge in [0.1, 0.15) is 11.1 Å². The third-order valence-corrected chi connectivity index (χ3v) is 5.86. The van der Waals surface area contributed by atoms with Crippen molar-refractivity contribution in [3.8, 4) is 0 Å². The summed E-state index contributed by atoms with van der Waals surface area (Å²) in [7, 11) is 0. The highest BCUT2D eigenvalue weighted by molar-refractivity contribution is 7.09. The number of aliphatic hydroxyl groups excluding tert-OH is 1. The van der Waals surface area contributed by atoms with Crippen LogP contribution in [0.4, 0.5) is 0 Å². The molecule has 3 atom stereocenters. The largest absolute Gasteiger partial charge is 0.392 e. The van der Waals surface area contributed by atoms with E-state index < -0.39 is 6.10 Å². The lowest BCUT2D eigenvalue weighted by Crippen LogP contribution is -2.52. The maximum absolute atomic E-state index is 12.5. The van der Waals surface area contributed by atoms with E-state index in [-0.39, 0.29) is 18.1 Å². The molecule has 0 spiro atoms. The van der Waals surface area contributed by atoms with Crippen molar-refractivity contribution in [2.45, 2.75) is 45.1 Å². The van der Waals surface area contributed by atoms with E-state index in [2.05, 4.69) is 20.6 Å². The molecule has 1 aromatic rings. The summed E-state index contributed by atoms with van der Waals surface area (Å²) in [4.78, 5) is 21.4. The quantitative estimate of drug-likeness (QED) is 0.766. The number of rotatable bonds is 6. The minimum absolute atomic E-state index is 0.0486. The fourth-order valence-corrected chi connectivity index (χ4v) is 4.20. The molecule has 1 aromatic heterocycles. The van der Waals surface area contributed by atoms with E-state index in [4.69, 9.17) is 4.74 Å². The zero-order valence-electron chi connectivity index (χ0n) is 15.0. The summed E-state index contributed by atoms with van der Waals surface area (Å²) in [6.45, 7) is 9.24. The van der Waals surface area contributed by atoms with Crippen molar-refractivity contribution in [3.05, 3.63) is 16.1 Å². The predicted molar refractivity (Wildman–Crippen MR) is 96.4 cm³/mol. The molecule has 3 rings (SSSR count). The molecule has 8 heteroatoms. The number of carbonyl (C=O) groups is 1. The number of nitrogens with zero attached hydrogens (tertiary/aromatic N) is 3. The molecule has 2 saturated heterocycles. The van der Waals surface area contributed by atoms with E-state index in [1.54, 1.807) is 11.3 Å². The van der Waals surface area contributed by atoms with Crippen LogP contribution in [0.25, 0.3) is 0 Å². The zero-order chi connectivity index (χ0) is 17.8. The predicted octanol–water partition coefficient (Wildman–Crippen LogP) is 0.608. The van der Waals surface area contributed by atoms with Crippen molar-refractivity contribution in [2.24, 2.45) is 0 Å². The molecule has 3 heterocycles. The van der Waals surface area contributed by atoms with Gasteiger partial charge in [0, 0.05) is 51.3 Å². The number of hydrogen-bond acceptors (Lipinski definition) is 7. The number of amides is 1. The summed E-state index contributed by atoms with van der Waals surface area (Å²) in [5.74, 6) is 0.123. The van der Waals surface area contributed by atoms with E-state index in [0.717, 1.165) is 43.4 Å². The van der Waals surface area contributed by atoms with Gasteiger partial charge in [-0.1, -0.05) is 0 Å². The molecule has 2 aliphatic heterocycles. The number of ether oxygens (including phenoxy) is 1. The average Bonchev–Trinajstić information content (AvgIpc) is 3.24. The van der Waals surface area contributed by atoms with Crippen molar-refractivity contribution >= 4 is 17.2 Å². The van der Waals surface area contributed by atoms with Gasteiger partial charge in [0.15, 0.2) is 0 Å². The van der Waals surface area contributed by atoms with Gasteiger partial charge in [-0.15, -0.1) is 11.3 Å². The molecule has 7 nitrogen and oxygen atoms in total. The molecule has 1 amide bonds. The smallest absolute Gasteiger partial charge is 0.239 e. The van der Waals surface area contributed by atoms with E-state index >= 15 is 0 Å². The maximum Gasteiger partial charge on any atom is 0.239 e. The normalized spacial score (nSPS) is 26.1. The van der Waals surface area contributed by atoms with Crippen molar-refractivity contribution < 1.29 is 14.6 Å². The molecule has 0 saturated carbocycles. The van der Waals surface area contributed by atoms with Crippen LogP contribution >= 0.6 is 11.3 Å². The number of β-amino-alcohol motifs (C(OH)–C–C–N with tert-alkyl or cyclic N) is 1. The molecule has 0 unspecified atom stereocenters. The number of piperazine rings is 1. The Hall–Kier alpha value is -1.06. The fourth-order valence-electron chi connectivity index (χ4n) is 3.38. The summed E-state index contributed by atoms with van der Waals surface area (Å²) in [6, 6.07) is -0.220. The Morgan fingerprint density at radius 1 is 1.48 bits per heavy atom. The third kappa shape index (κ3) is 4.77. The lowest BCUT2D eigenvalue weighted by atomic mass is 10.1. The molecular weight excluding hydrogens is 340 g/mol. The molecular formula is C17H28N4O3S. The van der Waals surface area contributed by atoms with Crippen LogP contribution in [-0.2, 0) is 16.1 Å². The van der Waals surface area contributed by atoms with Gasteiger partial charge in [-0.05, 0) is 20.3 Å². The van der Waals surface area contributed by atoms with Gasteiger partial charge in [0.05, 0.1) is 17.8 Å². The molecule has 0 aliphatic carbocycles. The van der Waals surface area contributed by atoms with E-state index in [9.17, 15) is 9.90 Å². The number of nitrogens with one attached hydrogen (secondary N) is 1. The topological polar surface area (TPSA) is 77.9 Å². The number of hydrogen-bond donors (Lipinski definition) is 2. The SMILES string of the molecule is CCO[C@H](C)c1nc(CN2CCN(C(=O)[C@@H]3C[C@@H](O)CN3)CC2)cs1. The lowest BCUT2D eigenvalue weighted by molar-refractivity contribution is -0.135. The van der Waals surface area contributed by atoms with Gasteiger partial charge in [-0.3, -0.25) is 9.69 Å². The molecule has 2 N–H and O–H groups in total. The van der Waals surface area contributed by atoms with Gasteiger partial charge < -0.3 is 20.1 Å². The number of aromatic nitrogens is 1. The molecule has 140 valence electrons. The van der Waals surface area contributed by atoms with Crippen LogP contribution in [0.2, 0.25) is 0 Å². The Morgan fingerprint density at radius 3 is 2.88 bits per heavy atom. The highest BCUT2D eigenvalue weighted by atomic mass is 32.1. The van der Waals surface area contributed by atoms with Crippen LogP contribution in [0.15, 0.2) is 5.38 Å². The highest BCUT2D eigenvalue weighted by Gasteiger charge is 2.32. The second-order valence-corrected chi connectivity index (χ2v) is 7.62. The zero-order valence-corrected chi connectivity index (χ0v) is 15.8. The number of thiazole rings is 1. The highest BCUT2D eigenvalue weighted by Crippen LogP contribution is 2.22. The van der Waals surface area contributed by atoms with Crippen molar-refractivity contribution in [2.75, 3.05) is 39.3 Å². The van der Waals surface area contributed by atoms with Gasteiger partial charge in [0.25, 0.3) is 0 Å². The summed E-state index contributed by atoms with van der Waals surface area (Å²) < 4.78 is 5.59. The van der Waals surface area contributed by atoms with Crippen molar-refractivity contribution in [1.29, 1.82) is 0 Å². The standard InChI is InChI=1S/C17H28N4O3S/c1-3-24-12(2)16-19-13(11-25-16)10-20-4-6-21(7-5-20)17(23)15-8-14(22)9-18-15/h11-12,14-15,18,22H,3-10H2,1-2H3/t12-,14-,15+/m1/s1. The summed E-state index contributed by atoms with van der Waals surface area (Å²) in [5, 5.41) is 15.8. The first-order chi connectivity index (χ1) is 12.1. The Bertz CT molecular complexity index is 574. The monoisotopic (exact) mass is 368 g/mol. The van der Waals surface area contributed by atoms with Crippen LogP contribution in [-0.4, -0.2) is 77.3 Å². The minimum atomic E-state index is -0.395. The Balaban J connectivity index is 1.45. The summed E-state index contributed by atoms with van der Waals surface area (Å²) in [6.07, 6.45) is 0.180. The molecule has 2 fully saturated rings. The van der Waals surface area contributed by atoms with Crippen LogP contribution in [0.3, 0.4) is 0 Å². The number of carbonyl (C=O) groups excluding carboxylic acids is 1. The second-order valence-electron chi connectivity index (χ2n) is 6.73. The van der Waals surface area contributed by atoms with Crippen molar-refractivity contribution in [3.63, 3.8) is 0 Å². The first kappa shape index (κ1) is 18.7. The first-order valence-corrected chi connectivity index (χ1v) is 9.93. The lowest BCUT2D eigenvalue weighted by Gasteiger charge is -2.35. The summed E-state index contributed by atoms with van der Waals surface area (Å²) in [5.41, 5.74) is 1.08. The third-order valence-electron chi connectivity index (χ3n) is 4.81. The Labute approximate surface area is 153 Å². The Kier molecular flexibility index (Phi) is 6.40. The van der Waals surface area contributed by atoms with Gasteiger partial charge >= 0.3 is 0 Å². The van der Waals surface area contributed by atoms with Gasteiger partial charge in [0.2, 0.25) is 5.91 Å².